The van der Waals surface area contributed by atoms with Crippen molar-refractivity contribution in [2.75, 3.05) is 31.1 Å². The van der Waals surface area contributed by atoms with Gasteiger partial charge in [-0.25, -0.2) is 4.98 Å². The molecule has 2 aromatic heterocycles. The molecule has 4 heterocycles. The number of aromatic nitrogens is 3. The minimum Gasteiger partial charge on any atom is -0.369 e. The number of pyridine rings is 1. The maximum absolute atomic E-state index is 11.4. The number of anilines is 1. The van der Waals surface area contributed by atoms with Crippen LogP contribution >= 0.6 is 0 Å². The Kier molecular flexibility index (Phi) is 5.80. The Morgan fingerprint density at radius 2 is 2.07 bits per heavy atom. The second-order valence-electron chi connectivity index (χ2n) is 8.57. The van der Waals surface area contributed by atoms with E-state index in [1.807, 2.05) is 12.1 Å². The van der Waals surface area contributed by atoms with Crippen LogP contribution in [-0.4, -0.2) is 52.1 Å². The molecule has 8 nitrogen and oxygen atoms in total. The molecular formula is C21H30N6O2. The molecule has 2 aliphatic heterocycles. The van der Waals surface area contributed by atoms with Crippen LogP contribution in [0, 0.1) is 11.8 Å². The Morgan fingerprint density at radius 3 is 2.79 bits per heavy atom. The Bertz CT molecular complexity index is 843. The molecule has 8 heteroatoms. The highest BCUT2D eigenvalue weighted by Crippen LogP contribution is 2.33. The fourth-order valence-corrected chi connectivity index (χ4v) is 4.40. The van der Waals surface area contributed by atoms with Crippen molar-refractivity contribution in [2.24, 2.45) is 17.6 Å². The number of rotatable bonds is 6. The summed E-state index contributed by atoms with van der Waals surface area (Å²) >= 11 is 0. The van der Waals surface area contributed by atoms with E-state index in [0.717, 1.165) is 63.2 Å². The van der Waals surface area contributed by atoms with Gasteiger partial charge in [-0.2, -0.15) is 4.98 Å². The lowest BCUT2D eigenvalue weighted by Gasteiger charge is -2.31. The Hall–Kier alpha value is -2.48. The van der Waals surface area contributed by atoms with E-state index >= 15 is 0 Å². The monoisotopic (exact) mass is 398 g/mol. The van der Waals surface area contributed by atoms with E-state index in [1.165, 1.54) is 0 Å². The van der Waals surface area contributed by atoms with Crippen molar-refractivity contribution in [3.05, 3.63) is 24.2 Å². The van der Waals surface area contributed by atoms with Gasteiger partial charge < -0.3 is 15.2 Å². The number of hydrogen-bond donors (Lipinski definition) is 1. The summed E-state index contributed by atoms with van der Waals surface area (Å²) in [7, 11) is 0. The third kappa shape index (κ3) is 4.42. The average molecular weight is 399 g/mol. The minimum absolute atomic E-state index is 0.0330. The zero-order valence-corrected chi connectivity index (χ0v) is 17.3. The Morgan fingerprint density at radius 1 is 1.28 bits per heavy atom. The van der Waals surface area contributed by atoms with E-state index in [4.69, 9.17) is 15.2 Å². The van der Waals surface area contributed by atoms with Crippen molar-refractivity contribution in [1.29, 1.82) is 0 Å². The van der Waals surface area contributed by atoms with Gasteiger partial charge in [-0.05, 0) is 50.3 Å². The van der Waals surface area contributed by atoms with Gasteiger partial charge in [0, 0.05) is 37.3 Å². The topological polar surface area (TPSA) is 101 Å². The molecule has 1 amide bonds. The number of likely N-dealkylation sites (tertiary alicyclic amines) is 1. The van der Waals surface area contributed by atoms with Gasteiger partial charge in [-0.3, -0.25) is 9.69 Å². The average Bonchev–Trinajstić information content (AvgIpc) is 3.37. The molecule has 0 bridgehead atoms. The highest BCUT2D eigenvalue weighted by atomic mass is 16.5. The van der Waals surface area contributed by atoms with Gasteiger partial charge in [0.15, 0.2) is 0 Å². The van der Waals surface area contributed by atoms with Crippen LogP contribution in [-0.2, 0) is 4.79 Å². The van der Waals surface area contributed by atoms with Crippen molar-refractivity contribution < 1.29 is 9.32 Å². The fraction of sp³-hybridized carbons (Fsp3) is 0.619. The predicted molar refractivity (Wildman–Crippen MR) is 110 cm³/mol. The molecule has 29 heavy (non-hydrogen) atoms. The number of carbonyl (C=O) groups is 1. The normalized spacial score (nSPS) is 21.2. The van der Waals surface area contributed by atoms with Crippen LogP contribution in [0.2, 0.25) is 0 Å². The zero-order chi connectivity index (χ0) is 20.4. The number of amides is 1. The van der Waals surface area contributed by atoms with E-state index in [2.05, 4.69) is 33.8 Å². The van der Waals surface area contributed by atoms with Gasteiger partial charge in [0.2, 0.25) is 17.6 Å². The molecular weight excluding hydrogens is 368 g/mol. The van der Waals surface area contributed by atoms with Gasteiger partial charge >= 0.3 is 0 Å². The summed E-state index contributed by atoms with van der Waals surface area (Å²) in [5, 5.41) is 4.25. The van der Waals surface area contributed by atoms with Crippen molar-refractivity contribution in [1.82, 2.24) is 20.0 Å². The van der Waals surface area contributed by atoms with Crippen molar-refractivity contribution >= 4 is 11.7 Å². The van der Waals surface area contributed by atoms with Crippen molar-refractivity contribution in [2.45, 2.75) is 45.6 Å². The van der Waals surface area contributed by atoms with Crippen molar-refractivity contribution in [3.8, 4) is 11.4 Å². The predicted octanol–water partition coefficient (Wildman–Crippen LogP) is 2.63. The largest absolute Gasteiger partial charge is 0.369 e. The first-order valence-corrected chi connectivity index (χ1v) is 10.6. The summed E-state index contributed by atoms with van der Waals surface area (Å²) < 4.78 is 5.65. The number of nitrogens with two attached hydrogens (primary N) is 1. The van der Waals surface area contributed by atoms with E-state index < -0.39 is 0 Å². The van der Waals surface area contributed by atoms with E-state index in [1.54, 1.807) is 6.20 Å². The van der Waals surface area contributed by atoms with Crippen LogP contribution in [0.1, 0.15) is 51.5 Å². The van der Waals surface area contributed by atoms with E-state index in [9.17, 15) is 4.79 Å². The third-order valence-electron chi connectivity index (χ3n) is 5.92. The van der Waals surface area contributed by atoms with Gasteiger partial charge in [0.05, 0.1) is 6.04 Å². The first kappa shape index (κ1) is 19.8. The molecule has 0 aliphatic carbocycles. The molecule has 2 aromatic rings. The van der Waals surface area contributed by atoms with Crippen LogP contribution in [0.15, 0.2) is 22.9 Å². The van der Waals surface area contributed by atoms with Gasteiger partial charge in [0.1, 0.15) is 5.82 Å². The SMILES string of the molecule is CC(C)CN1CCC[C@H]1c1nc(-c2ccnc(N3CCC(C(N)=O)CC3)c2)no1. The van der Waals surface area contributed by atoms with Crippen LogP contribution < -0.4 is 10.6 Å². The van der Waals surface area contributed by atoms with Crippen LogP contribution in [0.5, 0.6) is 0 Å². The second kappa shape index (κ2) is 8.49. The maximum Gasteiger partial charge on any atom is 0.244 e. The maximum atomic E-state index is 11.4. The van der Waals surface area contributed by atoms with Crippen LogP contribution in [0.25, 0.3) is 11.4 Å². The molecule has 156 valence electrons. The minimum atomic E-state index is -0.205. The van der Waals surface area contributed by atoms with E-state index in [-0.39, 0.29) is 17.9 Å². The molecule has 4 rings (SSSR count). The number of nitrogens with zero attached hydrogens (tertiary/aromatic N) is 5. The molecule has 0 aromatic carbocycles. The highest BCUT2D eigenvalue weighted by molar-refractivity contribution is 5.77. The number of piperidine rings is 1. The lowest BCUT2D eigenvalue weighted by atomic mass is 9.96. The second-order valence-corrected chi connectivity index (χ2v) is 8.57. The number of carbonyl (C=O) groups excluding carboxylic acids is 1. The quantitative estimate of drug-likeness (QED) is 0.798. The summed E-state index contributed by atoms with van der Waals surface area (Å²) in [5.74, 6) is 2.56. The molecule has 2 N–H and O–H groups in total. The smallest absolute Gasteiger partial charge is 0.244 e. The summed E-state index contributed by atoms with van der Waals surface area (Å²) in [4.78, 5) is 25.2. The molecule has 0 saturated carbocycles. The lowest BCUT2D eigenvalue weighted by Crippen LogP contribution is -2.38. The summed E-state index contributed by atoms with van der Waals surface area (Å²) in [6.45, 7) is 8.14. The Balaban J connectivity index is 1.47. The first-order chi connectivity index (χ1) is 14.0. The van der Waals surface area contributed by atoms with Gasteiger partial charge in [-0.15, -0.1) is 0 Å². The van der Waals surface area contributed by atoms with Gasteiger partial charge in [-0.1, -0.05) is 19.0 Å². The number of hydrogen-bond acceptors (Lipinski definition) is 7. The molecule has 2 saturated heterocycles. The lowest BCUT2D eigenvalue weighted by molar-refractivity contribution is -0.122. The standard InChI is InChI=1S/C21H30N6O2/c1-14(2)13-27-9-3-4-17(27)21-24-20(25-29-21)16-5-8-23-18(12-16)26-10-6-15(7-11-26)19(22)28/h5,8,12,14-15,17H,3-4,6-7,9-11,13H2,1-2H3,(H2,22,28)/t17-/m0/s1. The van der Waals surface area contributed by atoms with E-state index in [0.29, 0.717) is 17.6 Å². The van der Waals surface area contributed by atoms with Crippen LogP contribution in [0.4, 0.5) is 5.82 Å². The molecule has 2 aliphatic rings. The fourth-order valence-electron chi connectivity index (χ4n) is 4.40. The Labute approximate surface area is 171 Å². The van der Waals surface area contributed by atoms with Gasteiger partial charge in [0.25, 0.3) is 0 Å². The van der Waals surface area contributed by atoms with Crippen molar-refractivity contribution in [3.63, 3.8) is 0 Å². The third-order valence-corrected chi connectivity index (χ3v) is 5.92. The molecule has 0 radical (unpaired) electrons. The first-order valence-electron chi connectivity index (χ1n) is 10.6. The molecule has 0 unspecified atom stereocenters. The zero-order valence-electron chi connectivity index (χ0n) is 17.3. The summed E-state index contributed by atoms with van der Waals surface area (Å²) in [5.41, 5.74) is 6.34. The summed E-state index contributed by atoms with van der Waals surface area (Å²) in [6, 6.07) is 4.13. The molecule has 1 atom stereocenters. The molecule has 0 spiro atoms. The molecule has 2 fully saturated rings. The van der Waals surface area contributed by atoms with Crippen LogP contribution in [0.3, 0.4) is 0 Å². The highest BCUT2D eigenvalue weighted by Gasteiger charge is 2.31. The summed E-state index contributed by atoms with van der Waals surface area (Å²) in [6.07, 6.45) is 5.53. The number of primary amides is 1.